The van der Waals surface area contributed by atoms with Gasteiger partial charge in [0.2, 0.25) is 11.8 Å². The van der Waals surface area contributed by atoms with Gasteiger partial charge in [-0.15, -0.1) is 0 Å². The lowest BCUT2D eigenvalue weighted by Crippen LogP contribution is -2.10. The molecule has 1 aromatic heterocycles. The summed E-state index contributed by atoms with van der Waals surface area (Å²) in [6.45, 7) is 4.12. The number of carbonyl (C=O) groups is 1. The summed E-state index contributed by atoms with van der Waals surface area (Å²) in [6.07, 6.45) is 1.88. The fourth-order valence-corrected chi connectivity index (χ4v) is 2.60. The van der Waals surface area contributed by atoms with E-state index in [-0.39, 0.29) is 23.7 Å². The van der Waals surface area contributed by atoms with Crippen molar-refractivity contribution in [2.24, 2.45) is 0 Å². The molecule has 0 aliphatic heterocycles. The molecule has 24 heavy (non-hydrogen) atoms. The Morgan fingerprint density at radius 3 is 2.54 bits per heavy atom. The van der Waals surface area contributed by atoms with Gasteiger partial charge in [-0.05, 0) is 36.0 Å². The normalized spacial score (nSPS) is 13.1. The molecule has 7 heteroatoms. The molecule has 0 bridgehead atoms. The number of carbonyl (C=O) groups excluding carboxylic acids is 1. The first kappa shape index (κ1) is 17.5. The van der Waals surface area contributed by atoms with Gasteiger partial charge in [-0.2, -0.15) is 4.98 Å². The molecule has 1 amide bonds. The first-order valence-electron chi connectivity index (χ1n) is 7.67. The fraction of sp³-hybridized carbons (Fsp3) is 0.353. The van der Waals surface area contributed by atoms with Gasteiger partial charge in [0.25, 0.3) is 0 Å². The van der Waals surface area contributed by atoms with E-state index in [1.165, 1.54) is 7.11 Å². The van der Waals surface area contributed by atoms with Gasteiger partial charge in [-0.1, -0.05) is 26.0 Å². The molecule has 0 aliphatic rings. The van der Waals surface area contributed by atoms with Gasteiger partial charge in [-0.3, -0.25) is 5.32 Å². The van der Waals surface area contributed by atoms with E-state index in [2.05, 4.69) is 26.9 Å². The Labute approximate surface area is 140 Å². The maximum Gasteiger partial charge on any atom is 0.411 e. The number of aromatic nitrogens is 2. The van der Waals surface area contributed by atoms with Crippen molar-refractivity contribution < 1.29 is 14.6 Å². The van der Waals surface area contributed by atoms with Crippen molar-refractivity contribution in [3.8, 4) is 5.88 Å². The quantitative estimate of drug-likeness (QED) is 0.776. The average molecular weight is 330 g/mol. The van der Waals surface area contributed by atoms with Gasteiger partial charge in [0.05, 0.1) is 7.11 Å². The molecule has 0 saturated carbocycles. The van der Waals surface area contributed by atoms with Gasteiger partial charge in [-0.25, -0.2) is 9.78 Å². The lowest BCUT2D eigenvalue weighted by atomic mass is 9.88. The van der Waals surface area contributed by atoms with Crippen molar-refractivity contribution in [3.05, 3.63) is 41.6 Å². The fourth-order valence-electron chi connectivity index (χ4n) is 2.60. The summed E-state index contributed by atoms with van der Waals surface area (Å²) in [6, 6.07) is 7.58. The molecule has 4 N–H and O–H groups in total. The molecular formula is C17H22N4O3. The number of benzene rings is 1. The van der Waals surface area contributed by atoms with Gasteiger partial charge in [0, 0.05) is 17.4 Å². The number of rotatable bonds is 5. The first-order chi connectivity index (χ1) is 11.4. The largest absolute Gasteiger partial charge is 0.493 e. The number of ether oxygens (including phenoxy) is 1. The topological polar surface area (TPSA) is 110 Å². The Bertz CT molecular complexity index is 703. The van der Waals surface area contributed by atoms with Gasteiger partial charge < -0.3 is 15.6 Å². The summed E-state index contributed by atoms with van der Waals surface area (Å²) >= 11 is 0. The SMILES string of the molecule is COC(=O)Nc1ccc(C(C)CC(C)c2cnc(N)nc2O)cc1. The Morgan fingerprint density at radius 1 is 1.29 bits per heavy atom. The summed E-state index contributed by atoms with van der Waals surface area (Å²) < 4.78 is 4.56. The third kappa shape index (κ3) is 4.34. The molecule has 1 aromatic carbocycles. The zero-order chi connectivity index (χ0) is 17.7. The number of amides is 1. The summed E-state index contributed by atoms with van der Waals surface area (Å²) in [7, 11) is 1.32. The van der Waals surface area contributed by atoms with E-state index in [0.717, 1.165) is 12.0 Å². The van der Waals surface area contributed by atoms with Gasteiger partial charge in [0.15, 0.2) is 0 Å². The van der Waals surface area contributed by atoms with Crippen molar-refractivity contribution in [3.63, 3.8) is 0 Å². The summed E-state index contributed by atoms with van der Waals surface area (Å²) in [5.41, 5.74) is 7.95. The molecule has 0 aliphatic carbocycles. The van der Waals surface area contributed by atoms with E-state index in [9.17, 15) is 9.90 Å². The van der Waals surface area contributed by atoms with Gasteiger partial charge >= 0.3 is 6.09 Å². The molecule has 2 aromatic rings. The number of hydrogen-bond donors (Lipinski definition) is 3. The first-order valence-corrected chi connectivity index (χ1v) is 7.67. The van der Waals surface area contributed by atoms with Crippen molar-refractivity contribution >= 4 is 17.7 Å². The molecule has 7 nitrogen and oxygen atoms in total. The van der Waals surface area contributed by atoms with Crippen LogP contribution >= 0.6 is 0 Å². The average Bonchev–Trinajstić information content (AvgIpc) is 2.55. The maximum absolute atomic E-state index is 11.2. The highest BCUT2D eigenvalue weighted by Crippen LogP contribution is 2.32. The van der Waals surface area contributed by atoms with E-state index < -0.39 is 6.09 Å². The Morgan fingerprint density at radius 2 is 1.96 bits per heavy atom. The van der Waals surface area contributed by atoms with Crippen LogP contribution < -0.4 is 11.1 Å². The van der Waals surface area contributed by atoms with Crippen molar-refractivity contribution in [2.75, 3.05) is 18.2 Å². The number of methoxy groups -OCH3 is 1. The number of hydrogen-bond acceptors (Lipinski definition) is 6. The lowest BCUT2D eigenvalue weighted by molar-refractivity contribution is 0.187. The number of anilines is 2. The monoisotopic (exact) mass is 330 g/mol. The van der Waals surface area contributed by atoms with Crippen LogP contribution in [0.3, 0.4) is 0 Å². The second-order valence-corrected chi connectivity index (χ2v) is 5.78. The van der Waals surface area contributed by atoms with Crippen LogP contribution in [0, 0.1) is 0 Å². The highest BCUT2D eigenvalue weighted by atomic mass is 16.5. The highest BCUT2D eigenvalue weighted by molar-refractivity contribution is 5.84. The summed E-state index contributed by atoms with van der Waals surface area (Å²) in [4.78, 5) is 18.9. The summed E-state index contributed by atoms with van der Waals surface area (Å²) in [5, 5.41) is 12.5. The van der Waals surface area contributed by atoms with Crippen molar-refractivity contribution in [1.82, 2.24) is 9.97 Å². The van der Waals surface area contributed by atoms with Crippen LogP contribution in [0.1, 0.15) is 43.2 Å². The number of nitrogens with one attached hydrogen (secondary N) is 1. The van der Waals surface area contributed by atoms with Gasteiger partial charge in [0.1, 0.15) is 0 Å². The molecular weight excluding hydrogens is 308 g/mol. The molecule has 0 saturated heterocycles. The third-order valence-corrected chi connectivity index (χ3v) is 3.96. The van der Waals surface area contributed by atoms with Crippen LogP contribution in [0.4, 0.5) is 16.4 Å². The van der Waals surface area contributed by atoms with Crippen LogP contribution in [-0.2, 0) is 4.74 Å². The van der Waals surface area contributed by atoms with Crippen LogP contribution in [0.2, 0.25) is 0 Å². The van der Waals surface area contributed by atoms with E-state index in [1.807, 2.05) is 31.2 Å². The van der Waals surface area contributed by atoms with Crippen LogP contribution in [-0.4, -0.2) is 28.3 Å². The van der Waals surface area contributed by atoms with Crippen molar-refractivity contribution in [2.45, 2.75) is 32.1 Å². The molecule has 0 fully saturated rings. The second-order valence-electron chi connectivity index (χ2n) is 5.78. The molecule has 0 radical (unpaired) electrons. The van der Waals surface area contributed by atoms with Crippen LogP contribution in [0.15, 0.2) is 30.5 Å². The minimum atomic E-state index is -0.497. The van der Waals surface area contributed by atoms with Crippen LogP contribution in [0.5, 0.6) is 5.88 Å². The number of aromatic hydroxyl groups is 1. The molecule has 2 atom stereocenters. The molecule has 2 rings (SSSR count). The molecule has 128 valence electrons. The van der Waals surface area contributed by atoms with Crippen molar-refractivity contribution in [1.29, 1.82) is 0 Å². The van der Waals surface area contributed by atoms with Crippen LogP contribution in [0.25, 0.3) is 0 Å². The highest BCUT2D eigenvalue weighted by Gasteiger charge is 2.17. The lowest BCUT2D eigenvalue weighted by Gasteiger charge is -2.18. The minimum Gasteiger partial charge on any atom is -0.493 e. The third-order valence-electron chi connectivity index (χ3n) is 3.96. The van der Waals surface area contributed by atoms with E-state index >= 15 is 0 Å². The minimum absolute atomic E-state index is 0.0604. The standard InChI is InChI=1S/C17H22N4O3/c1-10(8-11(2)14-9-19-16(18)21-15(14)22)12-4-6-13(7-5-12)20-17(23)24-3/h4-7,9-11H,8H2,1-3H3,(H,20,23)(H3,18,19,21,22). The zero-order valence-corrected chi connectivity index (χ0v) is 14.0. The predicted molar refractivity (Wildman–Crippen MR) is 92.0 cm³/mol. The predicted octanol–water partition coefficient (Wildman–Crippen LogP) is 3.24. The summed E-state index contributed by atoms with van der Waals surface area (Å²) in [5.74, 6) is 0.322. The number of nitrogens with zero attached hydrogens (tertiary/aromatic N) is 2. The second kappa shape index (κ2) is 7.63. The number of nitrogen functional groups attached to an aromatic ring is 1. The maximum atomic E-state index is 11.2. The van der Waals surface area contributed by atoms with E-state index in [0.29, 0.717) is 11.3 Å². The Kier molecular flexibility index (Phi) is 5.57. The molecule has 1 heterocycles. The Hall–Kier alpha value is -2.83. The molecule has 0 spiro atoms. The number of nitrogens with two attached hydrogens (primary N) is 1. The van der Waals surface area contributed by atoms with E-state index in [4.69, 9.17) is 5.73 Å². The van der Waals surface area contributed by atoms with E-state index in [1.54, 1.807) is 6.20 Å². The zero-order valence-electron chi connectivity index (χ0n) is 14.0. The molecule has 2 unspecified atom stereocenters. The smallest absolute Gasteiger partial charge is 0.411 e. The Balaban J connectivity index is 2.03.